The summed E-state index contributed by atoms with van der Waals surface area (Å²) in [7, 11) is -4.25. The molecular weight excluding hydrogens is 665 g/mol. The van der Waals surface area contributed by atoms with Gasteiger partial charge in [-0.25, -0.2) is 8.42 Å². The van der Waals surface area contributed by atoms with Crippen molar-refractivity contribution < 1.29 is 18.0 Å². The van der Waals surface area contributed by atoms with Gasteiger partial charge < -0.3 is 10.2 Å². The zero-order valence-corrected chi connectivity index (χ0v) is 28.9. The van der Waals surface area contributed by atoms with E-state index in [9.17, 15) is 18.0 Å². The third-order valence-electron chi connectivity index (χ3n) is 7.40. The monoisotopic (exact) mass is 699 g/mol. The number of nitrogens with zero attached hydrogens (tertiary/aromatic N) is 2. The molecule has 0 saturated carbocycles. The number of aryl methyl sites for hydroxylation is 1. The van der Waals surface area contributed by atoms with Crippen LogP contribution in [0.25, 0.3) is 0 Å². The van der Waals surface area contributed by atoms with Gasteiger partial charge in [0.05, 0.1) is 10.6 Å². The molecule has 0 heterocycles. The number of halogens is 3. The molecule has 0 spiro atoms. The fourth-order valence-electron chi connectivity index (χ4n) is 4.82. The molecule has 0 radical (unpaired) electrons. The normalized spacial score (nSPS) is 12.1. The van der Waals surface area contributed by atoms with E-state index >= 15 is 0 Å². The third kappa shape index (κ3) is 8.82. The van der Waals surface area contributed by atoms with Gasteiger partial charge in [-0.1, -0.05) is 109 Å². The summed E-state index contributed by atoms with van der Waals surface area (Å²) in [6, 6.07) is 25.9. The molecule has 4 aromatic carbocycles. The topological polar surface area (TPSA) is 86.8 Å². The fraction of sp³-hybridized carbons (Fsp3) is 0.257. The van der Waals surface area contributed by atoms with Gasteiger partial charge in [-0.05, 0) is 60.4 Å². The quantitative estimate of drug-likeness (QED) is 0.156. The minimum Gasteiger partial charge on any atom is -0.354 e. The van der Waals surface area contributed by atoms with Crippen molar-refractivity contribution >= 4 is 62.3 Å². The van der Waals surface area contributed by atoms with Crippen molar-refractivity contribution in [2.45, 2.75) is 44.7 Å². The van der Waals surface area contributed by atoms with Gasteiger partial charge in [0, 0.05) is 40.1 Å². The van der Waals surface area contributed by atoms with Crippen molar-refractivity contribution in [1.82, 2.24) is 10.2 Å². The van der Waals surface area contributed by atoms with Crippen LogP contribution in [0.4, 0.5) is 5.69 Å². The lowest BCUT2D eigenvalue weighted by Crippen LogP contribution is -2.53. The summed E-state index contributed by atoms with van der Waals surface area (Å²) >= 11 is 19.6. The molecule has 0 bridgehead atoms. The smallest absolute Gasteiger partial charge is 0.264 e. The molecule has 0 aliphatic rings. The molecule has 46 heavy (non-hydrogen) atoms. The van der Waals surface area contributed by atoms with Gasteiger partial charge in [0.1, 0.15) is 12.6 Å². The highest BCUT2D eigenvalue weighted by Crippen LogP contribution is 2.30. The predicted octanol–water partition coefficient (Wildman–Crippen LogP) is 7.56. The van der Waals surface area contributed by atoms with Crippen molar-refractivity contribution in [3.05, 3.63) is 129 Å². The summed E-state index contributed by atoms with van der Waals surface area (Å²) in [5, 5.41) is 3.92. The lowest BCUT2D eigenvalue weighted by atomic mass is 10.0. The van der Waals surface area contributed by atoms with Crippen LogP contribution in [-0.2, 0) is 32.6 Å². The van der Waals surface area contributed by atoms with E-state index in [0.29, 0.717) is 27.2 Å². The Bertz CT molecular complexity index is 1750. The van der Waals surface area contributed by atoms with E-state index in [2.05, 4.69) is 5.32 Å². The molecule has 0 aliphatic carbocycles. The van der Waals surface area contributed by atoms with Crippen LogP contribution in [0.3, 0.4) is 0 Å². The molecule has 4 rings (SSSR count). The number of rotatable bonds is 13. The van der Waals surface area contributed by atoms with E-state index in [0.717, 1.165) is 15.4 Å². The first-order valence-electron chi connectivity index (χ1n) is 14.8. The maximum atomic E-state index is 14.6. The number of amides is 2. The van der Waals surface area contributed by atoms with E-state index in [4.69, 9.17) is 34.8 Å². The summed E-state index contributed by atoms with van der Waals surface area (Å²) in [4.78, 5) is 29.8. The lowest BCUT2D eigenvalue weighted by Gasteiger charge is -2.34. The maximum Gasteiger partial charge on any atom is 0.264 e. The van der Waals surface area contributed by atoms with Gasteiger partial charge >= 0.3 is 0 Å². The van der Waals surface area contributed by atoms with Crippen LogP contribution < -0.4 is 9.62 Å². The van der Waals surface area contributed by atoms with Crippen LogP contribution in [-0.4, -0.2) is 44.3 Å². The van der Waals surface area contributed by atoms with Crippen LogP contribution in [0.5, 0.6) is 0 Å². The van der Waals surface area contributed by atoms with E-state index in [1.807, 2.05) is 44.2 Å². The lowest BCUT2D eigenvalue weighted by molar-refractivity contribution is -0.140. The number of carbonyl (C=O) groups excluding carboxylic acids is 2. The summed E-state index contributed by atoms with van der Waals surface area (Å²) in [6.07, 6.45) is 0.167. The van der Waals surface area contributed by atoms with Crippen molar-refractivity contribution in [2.75, 3.05) is 17.4 Å². The fourth-order valence-corrected chi connectivity index (χ4v) is 6.93. The Balaban J connectivity index is 1.84. The number of carbonyl (C=O) groups is 2. The molecule has 0 aromatic heterocycles. The largest absolute Gasteiger partial charge is 0.354 e. The molecule has 11 heteroatoms. The van der Waals surface area contributed by atoms with Crippen molar-refractivity contribution in [3.8, 4) is 0 Å². The van der Waals surface area contributed by atoms with Gasteiger partial charge in [-0.3, -0.25) is 13.9 Å². The van der Waals surface area contributed by atoms with Crippen molar-refractivity contribution in [3.63, 3.8) is 0 Å². The molecule has 242 valence electrons. The van der Waals surface area contributed by atoms with Gasteiger partial charge in [0.25, 0.3) is 10.0 Å². The molecular formula is C35H36Cl3N3O4S. The van der Waals surface area contributed by atoms with Crippen LogP contribution in [0, 0.1) is 12.8 Å². The number of anilines is 1. The highest BCUT2D eigenvalue weighted by Gasteiger charge is 2.35. The van der Waals surface area contributed by atoms with Gasteiger partial charge in [-0.15, -0.1) is 0 Å². The summed E-state index contributed by atoms with van der Waals surface area (Å²) < 4.78 is 29.2. The van der Waals surface area contributed by atoms with Crippen LogP contribution in [0.15, 0.2) is 102 Å². The minimum atomic E-state index is -4.25. The first-order valence-corrected chi connectivity index (χ1v) is 17.3. The molecule has 1 unspecified atom stereocenters. The van der Waals surface area contributed by atoms with Crippen LogP contribution in [0.1, 0.15) is 30.5 Å². The molecule has 1 atom stereocenters. The first-order chi connectivity index (χ1) is 21.9. The molecule has 7 nitrogen and oxygen atoms in total. The Hall–Kier alpha value is -3.56. The molecule has 2 amide bonds. The zero-order chi connectivity index (χ0) is 33.4. The van der Waals surface area contributed by atoms with Crippen molar-refractivity contribution in [1.29, 1.82) is 0 Å². The number of nitrogens with one attached hydrogen (secondary N) is 1. The number of hydrogen-bond acceptors (Lipinski definition) is 4. The molecule has 0 fully saturated rings. The van der Waals surface area contributed by atoms with E-state index in [1.54, 1.807) is 55.5 Å². The SMILES string of the molecule is Cc1ccc(N(CC(=O)N(Cc2c(Cl)cccc2Cl)C(Cc2ccccc2)C(=O)NCC(C)C)S(=O)(=O)c2ccccc2)cc1Cl. The average Bonchev–Trinajstić information content (AvgIpc) is 3.03. The van der Waals surface area contributed by atoms with Crippen molar-refractivity contribution in [2.24, 2.45) is 5.92 Å². The Morgan fingerprint density at radius 2 is 1.41 bits per heavy atom. The second-order valence-corrected chi connectivity index (χ2v) is 14.4. The average molecular weight is 701 g/mol. The number of sulfonamides is 1. The number of benzene rings is 4. The summed E-state index contributed by atoms with van der Waals surface area (Å²) in [5.41, 5.74) is 2.19. The van der Waals surface area contributed by atoms with E-state index < -0.39 is 28.5 Å². The standard InChI is InChI=1S/C35H36Cl3N3O4S/c1-24(2)21-39-35(43)33(19-26-11-6-4-7-12-26)40(22-29-30(36)15-10-16-31(29)37)34(42)23-41(27-18-17-25(3)32(38)20-27)46(44,45)28-13-8-5-9-14-28/h4-18,20,24,33H,19,21-23H2,1-3H3,(H,39,43). The van der Waals surface area contributed by atoms with Gasteiger partial charge in [0.2, 0.25) is 11.8 Å². The molecule has 0 aliphatic heterocycles. The molecule has 1 N–H and O–H groups in total. The maximum absolute atomic E-state index is 14.6. The summed E-state index contributed by atoms with van der Waals surface area (Å²) in [5.74, 6) is -0.862. The second-order valence-electron chi connectivity index (χ2n) is 11.3. The van der Waals surface area contributed by atoms with Crippen LogP contribution in [0.2, 0.25) is 15.1 Å². The molecule has 4 aromatic rings. The Labute approximate surface area is 286 Å². The second kappa shape index (κ2) is 15.8. The minimum absolute atomic E-state index is 0.00397. The van der Waals surface area contributed by atoms with Gasteiger partial charge in [0.15, 0.2) is 0 Å². The van der Waals surface area contributed by atoms with Gasteiger partial charge in [-0.2, -0.15) is 0 Å². The summed E-state index contributed by atoms with van der Waals surface area (Å²) in [6.45, 7) is 5.36. The Morgan fingerprint density at radius 1 is 0.804 bits per heavy atom. The highest BCUT2D eigenvalue weighted by atomic mass is 35.5. The number of hydrogen-bond donors (Lipinski definition) is 1. The Morgan fingerprint density at radius 3 is 2.00 bits per heavy atom. The highest BCUT2D eigenvalue weighted by molar-refractivity contribution is 7.92. The predicted molar refractivity (Wildman–Crippen MR) is 186 cm³/mol. The third-order valence-corrected chi connectivity index (χ3v) is 10.3. The molecule has 0 saturated heterocycles. The van der Waals surface area contributed by atoms with E-state index in [1.165, 1.54) is 23.1 Å². The Kier molecular flexibility index (Phi) is 12.1. The van der Waals surface area contributed by atoms with E-state index in [-0.39, 0.29) is 35.4 Å². The zero-order valence-electron chi connectivity index (χ0n) is 25.8. The first kappa shape index (κ1) is 35.3. The van der Waals surface area contributed by atoms with Crippen LogP contribution >= 0.6 is 34.8 Å².